The number of guanidine groups is 1. The minimum Gasteiger partial charge on any atom is -0.387 e. The second-order valence-corrected chi connectivity index (χ2v) is 8.05. The second kappa shape index (κ2) is 9.53. The van der Waals surface area contributed by atoms with Crippen LogP contribution in [0.5, 0.6) is 0 Å². The molecule has 0 aromatic heterocycles. The number of aliphatic imine (C=N–C) groups is 1. The Morgan fingerprint density at radius 1 is 1.52 bits per heavy atom. The van der Waals surface area contributed by atoms with Gasteiger partial charge in [0.15, 0.2) is 5.96 Å². The van der Waals surface area contributed by atoms with Crippen molar-refractivity contribution in [1.82, 2.24) is 10.6 Å². The number of benzene rings is 1. The van der Waals surface area contributed by atoms with Gasteiger partial charge in [-0.05, 0) is 36.8 Å². The summed E-state index contributed by atoms with van der Waals surface area (Å²) >= 11 is 7.89. The molecule has 0 aliphatic carbocycles. The molecule has 140 valence electrons. The molecule has 0 radical (unpaired) electrons. The van der Waals surface area contributed by atoms with E-state index >= 15 is 0 Å². The first kappa shape index (κ1) is 20.9. The molecule has 2 aliphatic heterocycles. The third kappa shape index (κ3) is 5.80. The van der Waals surface area contributed by atoms with E-state index in [1.807, 2.05) is 18.2 Å². The Morgan fingerprint density at radius 2 is 2.36 bits per heavy atom. The molecule has 0 amide bonds. The van der Waals surface area contributed by atoms with Crippen molar-refractivity contribution in [3.8, 4) is 0 Å². The molecule has 3 rings (SSSR count). The number of nitrogens with one attached hydrogen (secondary N) is 2. The van der Waals surface area contributed by atoms with E-state index in [1.165, 1.54) is 0 Å². The van der Waals surface area contributed by atoms with Gasteiger partial charge in [0.05, 0.1) is 5.60 Å². The lowest BCUT2D eigenvalue weighted by atomic mass is 10.0. The number of nitrogens with zero attached hydrogens (tertiary/aromatic N) is 2. The Kier molecular flexibility index (Phi) is 7.97. The maximum absolute atomic E-state index is 10.4. The number of anilines is 1. The highest BCUT2D eigenvalue weighted by atomic mass is 127. The van der Waals surface area contributed by atoms with Crippen LogP contribution >= 0.6 is 47.3 Å². The molecule has 2 heterocycles. The van der Waals surface area contributed by atoms with Gasteiger partial charge >= 0.3 is 0 Å². The molecule has 0 bridgehead atoms. The number of hydrogen-bond acceptors (Lipinski definition) is 4. The van der Waals surface area contributed by atoms with Gasteiger partial charge in [-0.25, -0.2) is 0 Å². The Labute approximate surface area is 176 Å². The Bertz CT molecular complexity index is 598. The number of thioether (sulfide) groups is 1. The summed E-state index contributed by atoms with van der Waals surface area (Å²) in [6.45, 7) is 2.46. The molecular formula is C17H26ClIN4OS. The predicted molar refractivity (Wildman–Crippen MR) is 119 cm³/mol. The van der Waals surface area contributed by atoms with E-state index in [4.69, 9.17) is 11.6 Å². The van der Waals surface area contributed by atoms with Crippen molar-refractivity contribution in [3.05, 3.63) is 29.3 Å². The zero-order valence-corrected chi connectivity index (χ0v) is 18.3. The average Bonchev–Trinajstić information content (AvgIpc) is 3.21. The maximum Gasteiger partial charge on any atom is 0.191 e. The van der Waals surface area contributed by atoms with Crippen LogP contribution in [0.15, 0.2) is 29.3 Å². The standard InChI is InChI=1S/C17H25ClN4OS.HI/c1-19-16(20-11-17(23)6-8-24-12-17)21-14-5-7-22(10-14)15-4-2-3-13(18)9-15;/h2-4,9,14,23H,5-8,10-12H2,1H3,(H2,19,20,21);1H. The molecule has 3 N–H and O–H groups in total. The minimum atomic E-state index is -0.606. The summed E-state index contributed by atoms with van der Waals surface area (Å²) in [5, 5.41) is 17.9. The molecule has 1 aromatic carbocycles. The number of halogens is 2. The first-order valence-electron chi connectivity index (χ1n) is 8.36. The fourth-order valence-electron chi connectivity index (χ4n) is 3.16. The molecule has 0 saturated carbocycles. The largest absolute Gasteiger partial charge is 0.387 e. The quantitative estimate of drug-likeness (QED) is 0.340. The van der Waals surface area contributed by atoms with E-state index in [0.29, 0.717) is 12.6 Å². The summed E-state index contributed by atoms with van der Waals surface area (Å²) in [6.07, 6.45) is 1.89. The summed E-state index contributed by atoms with van der Waals surface area (Å²) in [6, 6.07) is 8.31. The first-order valence-corrected chi connectivity index (χ1v) is 9.89. The number of hydrogen-bond donors (Lipinski definition) is 3. The second-order valence-electron chi connectivity index (χ2n) is 6.51. The SMILES string of the molecule is CN=C(NCC1(O)CCSC1)NC1CCN(c2cccc(Cl)c2)C1.I. The van der Waals surface area contributed by atoms with Crippen LogP contribution in [0.25, 0.3) is 0 Å². The molecule has 5 nitrogen and oxygen atoms in total. The fraction of sp³-hybridized carbons (Fsp3) is 0.588. The molecule has 0 spiro atoms. The highest BCUT2D eigenvalue weighted by Crippen LogP contribution is 2.27. The van der Waals surface area contributed by atoms with Crippen LogP contribution in [0.2, 0.25) is 5.02 Å². The zero-order valence-electron chi connectivity index (χ0n) is 14.4. The smallest absolute Gasteiger partial charge is 0.191 e. The van der Waals surface area contributed by atoms with E-state index in [2.05, 4.69) is 26.6 Å². The Morgan fingerprint density at radius 3 is 3.04 bits per heavy atom. The highest BCUT2D eigenvalue weighted by Gasteiger charge is 2.32. The lowest BCUT2D eigenvalue weighted by Gasteiger charge is -2.25. The van der Waals surface area contributed by atoms with E-state index in [0.717, 1.165) is 54.1 Å². The van der Waals surface area contributed by atoms with Crippen LogP contribution in [0.4, 0.5) is 5.69 Å². The summed E-state index contributed by atoms with van der Waals surface area (Å²) in [7, 11) is 1.77. The molecule has 8 heteroatoms. The molecule has 2 saturated heterocycles. The van der Waals surface area contributed by atoms with Crippen molar-refractivity contribution in [2.24, 2.45) is 4.99 Å². The highest BCUT2D eigenvalue weighted by molar-refractivity contribution is 14.0. The van der Waals surface area contributed by atoms with Gasteiger partial charge in [-0.3, -0.25) is 4.99 Å². The summed E-state index contributed by atoms with van der Waals surface area (Å²) in [5.74, 6) is 2.59. The van der Waals surface area contributed by atoms with Gasteiger partial charge in [-0.2, -0.15) is 11.8 Å². The minimum absolute atomic E-state index is 0. The van der Waals surface area contributed by atoms with Crippen LogP contribution in [-0.2, 0) is 0 Å². The fourth-order valence-corrected chi connectivity index (χ4v) is 4.64. The van der Waals surface area contributed by atoms with E-state index in [-0.39, 0.29) is 24.0 Å². The molecule has 2 fully saturated rings. The lowest BCUT2D eigenvalue weighted by molar-refractivity contribution is 0.0724. The van der Waals surface area contributed by atoms with Crippen molar-refractivity contribution in [3.63, 3.8) is 0 Å². The first-order chi connectivity index (χ1) is 11.6. The monoisotopic (exact) mass is 496 g/mol. The Balaban J connectivity index is 0.00000225. The van der Waals surface area contributed by atoms with Crippen LogP contribution in [0.1, 0.15) is 12.8 Å². The van der Waals surface area contributed by atoms with Gasteiger partial charge in [0.2, 0.25) is 0 Å². The Hall–Kier alpha value is -0.380. The van der Waals surface area contributed by atoms with Crippen molar-refractivity contribution >= 4 is 59.0 Å². The van der Waals surface area contributed by atoms with Gasteiger partial charge in [0, 0.05) is 49.2 Å². The van der Waals surface area contributed by atoms with Gasteiger partial charge in [-0.1, -0.05) is 17.7 Å². The summed E-state index contributed by atoms with van der Waals surface area (Å²) < 4.78 is 0. The van der Waals surface area contributed by atoms with Gasteiger partial charge < -0.3 is 20.6 Å². The molecule has 2 unspecified atom stereocenters. The topological polar surface area (TPSA) is 59.9 Å². The lowest BCUT2D eigenvalue weighted by Crippen LogP contribution is -2.50. The summed E-state index contributed by atoms with van der Waals surface area (Å²) in [4.78, 5) is 6.62. The van der Waals surface area contributed by atoms with Gasteiger partial charge in [0.25, 0.3) is 0 Å². The number of rotatable bonds is 4. The van der Waals surface area contributed by atoms with Crippen LogP contribution in [0, 0.1) is 0 Å². The van der Waals surface area contributed by atoms with E-state index in [9.17, 15) is 5.11 Å². The van der Waals surface area contributed by atoms with Crippen molar-refractivity contribution in [2.75, 3.05) is 43.1 Å². The third-order valence-electron chi connectivity index (χ3n) is 4.59. The van der Waals surface area contributed by atoms with Crippen molar-refractivity contribution < 1.29 is 5.11 Å². The average molecular weight is 497 g/mol. The predicted octanol–water partition coefficient (Wildman–Crippen LogP) is 2.57. The molecule has 25 heavy (non-hydrogen) atoms. The molecule has 2 atom stereocenters. The zero-order chi connectivity index (χ0) is 17.0. The van der Waals surface area contributed by atoms with Crippen molar-refractivity contribution in [1.29, 1.82) is 0 Å². The normalized spacial score (nSPS) is 26.4. The van der Waals surface area contributed by atoms with E-state index < -0.39 is 5.60 Å². The maximum atomic E-state index is 10.4. The third-order valence-corrected chi connectivity index (χ3v) is 6.06. The van der Waals surface area contributed by atoms with Crippen molar-refractivity contribution in [2.45, 2.75) is 24.5 Å². The van der Waals surface area contributed by atoms with Crippen LogP contribution in [0.3, 0.4) is 0 Å². The van der Waals surface area contributed by atoms with Crippen LogP contribution in [-0.4, -0.2) is 60.9 Å². The molecular weight excluding hydrogens is 471 g/mol. The van der Waals surface area contributed by atoms with Crippen LogP contribution < -0.4 is 15.5 Å². The van der Waals surface area contributed by atoms with Gasteiger partial charge in [0.1, 0.15) is 0 Å². The number of aliphatic hydroxyl groups is 1. The molecule has 2 aliphatic rings. The summed E-state index contributed by atoms with van der Waals surface area (Å²) in [5.41, 5.74) is 0.553. The van der Waals surface area contributed by atoms with E-state index in [1.54, 1.807) is 18.8 Å². The van der Waals surface area contributed by atoms with Gasteiger partial charge in [-0.15, -0.1) is 24.0 Å². The molecule has 1 aromatic rings.